The molecule has 1 rings (SSSR count). The number of nitrogens with one attached hydrogen (secondary N) is 2. The van der Waals surface area contributed by atoms with Gasteiger partial charge >= 0.3 is 6.03 Å². The van der Waals surface area contributed by atoms with E-state index >= 15 is 0 Å². The van der Waals surface area contributed by atoms with E-state index in [9.17, 15) is 9.59 Å². The molecule has 1 aromatic rings. The molecule has 5 nitrogen and oxygen atoms in total. The summed E-state index contributed by atoms with van der Waals surface area (Å²) in [6, 6.07) is 6.81. The Hall–Kier alpha value is -2.04. The van der Waals surface area contributed by atoms with Crippen LogP contribution in [0.1, 0.15) is 36.2 Å². The Bertz CT molecular complexity index is 432. The normalized spacial score (nSPS) is 11.7. The second-order valence-electron chi connectivity index (χ2n) is 4.20. The van der Waals surface area contributed by atoms with Crippen LogP contribution in [0.2, 0.25) is 0 Å². The summed E-state index contributed by atoms with van der Waals surface area (Å²) < 4.78 is 0. The van der Waals surface area contributed by atoms with E-state index in [1.54, 1.807) is 18.2 Å². The van der Waals surface area contributed by atoms with Crippen LogP contribution in [0.3, 0.4) is 0 Å². The van der Waals surface area contributed by atoms with Crippen molar-refractivity contribution in [1.29, 1.82) is 0 Å². The highest BCUT2D eigenvalue weighted by atomic mass is 16.2. The van der Waals surface area contributed by atoms with Crippen molar-refractivity contribution in [3.8, 4) is 0 Å². The van der Waals surface area contributed by atoms with Crippen molar-refractivity contribution in [1.82, 2.24) is 10.6 Å². The summed E-state index contributed by atoms with van der Waals surface area (Å²) in [7, 11) is 0. The largest absolute Gasteiger partial charge is 0.366 e. The number of urea groups is 1. The molecule has 98 valence electrons. The second kappa shape index (κ2) is 6.64. The SMILES string of the molecule is CCC(C)NC(=O)NCc1cccc(C(N)=O)c1. The van der Waals surface area contributed by atoms with E-state index < -0.39 is 5.91 Å². The molecule has 0 heterocycles. The number of amides is 3. The first-order chi connectivity index (χ1) is 8.52. The first-order valence-corrected chi connectivity index (χ1v) is 5.96. The molecule has 18 heavy (non-hydrogen) atoms. The monoisotopic (exact) mass is 249 g/mol. The maximum atomic E-state index is 11.5. The van der Waals surface area contributed by atoms with Gasteiger partial charge in [0.15, 0.2) is 0 Å². The van der Waals surface area contributed by atoms with E-state index in [4.69, 9.17) is 5.73 Å². The van der Waals surface area contributed by atoms with Crippen LogP contribution in [-0.4, -0.2) is 18.0 Å². The van der Waals surface area contributed by atoms with Crippen LogP contribution in [0.4, 0.5) is 4.79 Å². The molecule has 0 saturated carbocycles. The van der Waals surface area contributed by atoms with Gasteiger partial charge in [-0.2, -0.15) is 0 Å². The predicted molar refractivity (Wildman–Crippen MR) is 70.1 cm³/mol. The molecule has 1 unspecified atom stereocenters. The fraction of sp³-hybridized carbons (Fsp3) is 0.385. The van der Waals surface area contributed by atoms with Crippen LogP contribution in [-0.2, 0) is 6.54 Å². The zero-order valence-electron chi connectivity index (χ0n) is 10.7. The molecule has 3 amide bonds. The van der Waals surface area contributed by atoms with Crippen molar-refractivity contribution in [2.75, 3.05) is 0 Å². The lowest BCUT2D eigenvalue weighted by molar-refractivity contribution is 0.1000. The van der Waals surface area contributed by atoms with Crippen molar-refractivity contribution in [2.45, 2.75) is 32.9 Å². The molecule has 0 fully saturated rings. The van der Waals surface area contributed by atoms with Crippen LogP contribution >= 0.6 is 0 Å². The van der Waals surface area contributed by atoms with Crippen LogP contribution in [0, 0.1) is 0 Å². The van der Waals surface area contributed by atoms with Gasteiger partial charge in [-0.15, -0.1) is 0 Å². The van der Waals surface area contributed by atoms with E-state index in [-0.39, 0.29) is 12.1 Å². The lowest BCUT2D eigenvalue weighted by Gasteiger charge is -2.12. The van der Waals surface area contributed by atoms with Gasteiger partial charge in [0.1, 0.15) is 0 Å². The van der Waals surface area contributed by atoms with Gasteiger partial charge in [0.2, 0.25) is 5.91 Å². The fourth-order valence-corrected chi connectivity index (χ4v) is 1.39. The van der Waals surface area contributed by atoms with Gasteiger partial charge in [0, 0.05) is 18.2 Å². The summed E-state index contributed by atoms with van der Waals surface area (Å²) in [5, 5.41) is 5.52. The molecule has 0 aliphatic rings. The van der Waals surface area contributed by atoms with E-state index in [1.165, 1.54) is 0 Å². The molecule has 4 N–H and O–H groups in total. The lowest BCUT2D eigenvalue weighted by atomic mass is 10.1. The fourth-order valence-electron chi connectivity index (χ4n) is 1.39. The van der Waals surface area contributed by atoms with Crippen LogP contribution in [0.15, 0.2) is 24.3 Å². The lowest BCUT2D eigenvalue weighted by Crippen LogP contribution is -2.40. The first kappa shape index (κ1) is 14.0. The Kier molecular flexibility index (Phi) is 5.17. The molecular weight excluding hydrogens is 230 g/mol. The number of rotatable bonds is 5. The first-order valence-electron chi connectivity index (χ1n) is 5.96. The summed E-state index contributed by atoms with van der Waals surface area (Å²) in [6.07, 6.45) is 0.880. The molecule has 0 aromatic heterocycles. The minimum absolute atomic E-state index is 0.141. The minimum Gasteiger partial charge on any atom is -0.366 e. The van der Waals surface area contributed by atoms with Gasteiger partial charge < -0.3 is 16.4 Å². The topological polar surface area (TPSA) is 84.2 Å². The molecule has 0 aliphatic carbocycles. The van der Waals surface area contributed by atoms with Crippen LogP contribution in [0.25, 0.3) is 0 Å². The number of primary amides is 1. The maximum Gasteiger partial charge on any atom is 0.315 e. The van der Waals surface area contributed by atoms with Gasteiger partial charge in [0.05, 0.1) is 0 Å². The summed E-state index contributed by atoms with van der Waals surface area (Å²) in [5.74, 6) is -0.471. The Morgan fingerprint density at radius 3 is 2.72 bits per heavy atom. The molecular formula is C13H19N3O2. The zero-order chi connectivity index (χ0) is 13.5. The number of carbonyl (C=O) groups excluding carboxylic acids is 2. The quantitative estimate of drug-likeness (QED) is 0.736. The van der Waals surface area contributed by atoms with Crippen molar-refractivity contribution in [2.24, 2.45) is 5.73 Å². The van der Waals surface area contributed by atoms with Gasteiger partial charge in [0.25, 0.3) is 0 Å². The molecule has 5 heteroatoms. The minimum atomic E-state index is -0.471. The van der Waals surface area contributed by atoms with Crippen molar-refractivity contribution in [3.63, 3.8) is 0 Å². The van der Waals surface area contributed by atoms with E-state index in [0.29, 0.717) is 12.1 Å². The van der Waals surface area contributed by atoms with Crippen molar-refractivity contribution >= 4 is 11.9 Å². The molecule has 0 saturated heterocycles. The third-order valence-corrected chi connectivity index (χ3v) is 2.65. The number of hydrogen-bond acceptors (Lipinski definition) is 2. The Labute approximate surface area is 107 Å². The Morgan fingerprint density at radius 1 is 1.39 bits per heavy atom. The Balaban J connectivity index is 2.50. The molecule has 0 aliphatic heterocycles. The van der Waals surface area contributed by atoms with E-state index in [1.807, 2.05) is 19.9 Å². The molecule has 0 bridgehead atoms. The summed E-state index contributed by atoms with van der Waals surface area (Å²) >= 11 is 0. The summed E-state index contributed by atoms with van der Waals surface area (Å²) in [6.45, 7) is 4.30. The smallest absolute Gasteiger partial charge is 0.315 e. The molecule has 0 spiro atoms. The van der Waals surface area contributed by atoms with Crippen molar-refractivity contribution in [3.05, 3.63) is 35.4 Å². The average molecular weight is 249 g/mol. The maximum absolute atomic E-state index is 11.5. The summed E-state index contributed by atoms with van der Waals surface area (Å²) in [4.78, 5) is 22.5. The highest BCUT2D eigenvalue weighted by Gasteiger charge is 2.05. The van der Waals surface area contributed by atoms with Crippen LogP contribution < -0.4 is 16.4 Å². The summed E-state index contributed by atoms with van der Waals surface area (Å²) in [5.41, 5.74) is 6.46. The highest BCUT2D eigenvalue weighted by molar-refractivity contribution is 5.92. The molecule has 1 aromatic carbocycles. The number of carbonyl (C=O) groups is 2. The standard InChI is InChI=1S/C13H19N3O2/c1-3-9(2)16-13(18)15-8-10-5-4-6-11(7-10)12(14)17/h4-7,9H,3,8H2,1-2H3,(H2,14,17)(H2,15,16,18). The zero-order valence-corrected chi connectivity index (χ0v) is 10.7. The Morgan fingerprint density at radius 2 is 2.11 bits per heavy atom. The van der Waals surface area contributed by atoms with Gasteiger partial charge in [-0.1, -0.05) is 19.1 Å². The van der Waals surface area contributed by atoms with E-state index in [2.05, 4.69) is 10.6 Å². The van der Waals surface area contributed by atoms with Gasteiger partial charge in [-0.25, -0.2) is 4.79 Å². The average Bonchev–Trinajstić information content (AvgIpc) is 2.36. The number of nitrogens with two attached hydrogens (primary N) is 1. The third kappa shape index (κ3) is 4.45. The third-order valence-electron chi connectivity index (χ3n) is 2.65. The predicted octanol–water partition coefficient (Wildman–Crippen LogP) is 1.38. The molecule has 1 atom stereocenters. The molecule has 0 radical (unpaired) electrons. The highest BCUT2D eigenvalue weighted by Crippen LogP contribution is 2.04. The van der Waals surface area contributed by atoms with Gasteiger partial charge in [-0.3, -0.25) is 4.79 Å². The van der Waals surface area contributed by atoms with E-state index in [0.717, 1.165) is 12.0 Å². The second-order valence-corrected chi connectivity index (χ2v) is 4.20. The number of benzene rings is 1. The van der Waals surface area contributed by atoms with Gasteiger partial charge in [-0.05, 0) is 31.0 Å². The number of hydrogen-bond donors (Lipinski definition) is 3. The van der Waals surface area contributed by atoms with Crippen LogP contribution in [0.5, 0.6) is 0 Å². The van der Waals surface area contributed by atoms with Crippen molar-refractivity contribution < 1.29 is 9.59 Å².